The Kier molecular flexibility index (Phi) is 4.84. The average molecular weight is 350 g/mol. The molecule has 1 aliphatic rings. The van der Waals surface area contributed by atoms with Gasteiger partial charge >= 0.3 is 0 Å². The van der Waals surface area contributed by atoms with Crippen molar-refractivity contribution in [1.82, 2.24) is 19.7 Å². The first-order valence-corrected chi connectivity index (χ1v) is 9.42. The van der Waals surface area contributed by atoms with E-state index < -0.39 is 0 Å². The van der Waals surface area contributed by atoms with Gasteiger partial charge in [0.2, 0.25) is 5.95 Å². The standard InChI is InChI=1S/C20H26N6/c1-22-20-23-12-17-18(11-14-5-3-2-4-6-14)25-26(19(17)24-20)13-15-7-9-16(21)10-8-15/h2-6,12,15-16H,7-11,13,21H2,1H3,(H,22,23,24). The number of nitrogens with two attached hydrogens (primary N) is 1. The van der Waals surface area contributed by atoms with Crippen LogP contribution < -0.4 is 11.1 Å². The number of fused-ring (bicyclic) bond motifs is 1. The number of nitrogens with one attached hydrogen (secondary N) is 1. The quantitative estimate of drug-likeness (QED) is 0.739. The van der Waals surface area contributed by atoms with Crippen LogP contribution in [0.2, 0.25) is 0 Å². The molecule has 0 amide bonds. The van der Waals surface area contributed by atoms with Crippen molar-refractivity contribution in [3.63, 3.8) is 0 Å². The van der Waals surface area contributed by atoms with Crippen LogP contribution in [0.15, 0.2) is 36.5 Å². The van der Waals surface area contributed by atoms with Gasteiger partial charge in [0.05, 0.1) is 11.1 Å². The predicted molar refractivity (Wildman–Crippen MR) is 104 cm³/mol. The van der Waals surface area contributed by atoms with Gasteiger partial charge in [-0.15, -0.1) is 0 Å². The fourth-order valence-corrected chi connectivity index (χ4v) is 3.80. The molecule has 0 spiro atoms. The number of hydrogen-bond donors (Lipinski definition) is 2. The molecule has 1 aliphatic carbocycles. The number of nitrogens with zero attached hydrogens (tertiary/aromatic N) is 4. The van der Waals surface area contributed by atoms with Crippen molar-refractivity contribution in [2.75, 3.05) is 12.4 Å². The van der Waals surface area contributed by atoms with Gasteiger partial charge in [0.1, 0.15) is 0 Å². The fourth-order valence-electron chi connectivity index (χ4n) is 3.80. The van der Waals surface area contributed by atoms with Gasteiger partial charge in [0.25, 0.3) is 0 Å². The maximum atomic E-state index is 6.06. The molecule has 1 aromatic carbocycles. The Balaban J connectivity index is 1.66. The SMILES string of the molecule is CNc1ncc2c(Cc3ccccc3)nn(CC3CCC(N)CC3)c2n1. The molecular formula is C20H26N6. The van der Waals surface area contributed by atoms with E-state index in [0.29, 0.717) is 17.9 Å². The molecule has 0 aliphatic heterocycles. The summed E-state index contributed by atoms with van der Waals surface area (Å²) in [6, 6.07) is 10.8. The van der Waals surface area contributed by atoms with Crippen LogP contribution in [0.25, 0.3) is 11.0 Å². The van der Waals surface area contributed by atoms with E-state index in [4.69, 9.17) is 10.8 Å². The van der Waals surface area contributed by atoms with E-state index in [1.165, 1.54) is 18.4 Å². The molecule has 0 saturated heterocycles. The molecular weight excluding hydrogens is 324 g/mol. The summed E-state index contributed by atoms with van der Waals surface area (Å²) in [4.78, 5) is 9.10. The Labute approximate surface area is 153 Å². The van der Waals surface area contributed by atoms with Crippen molar-refractivity contribution in [3.05, 3.63) is 47.8 Å². The summed E-state index contributed by atoms with van der Waals surface area (Å²) in [5.74, 6) is 1.26. The van der Waals surface area contributed by atoms with E-state index in [2.05, 4.69) is 44.2 Å². The summed E-state index contributed by atoms with van der Waals surface area (Å²) in [5, 5.41) is 9.01. The maximum Gasteiger partial charge on any atom is 0.224 e. The topological polar surface area (TPSA) is 81.7 Å². The third-order valence-corrected chi connectivity index (χ3v) is 5.33. The second kappa shape index (κ2) is 7.41. The van der Waals surface area contributed by atoms with E-state index in [-0.39, 0.29) is 0 Å². The molecule has 6 nitrogen and oxygen atoms in total. The normalized spacial score (nSPS) is 20.4. The highest BCUT2D eigenvalue weighted by molar-refractivity contribution is 5.78. The lowest BCUT2D eigenvalue weighted by Crippen LogP contribution is -2.28. The zero-order valence-electron chi connectivity index (χ0n) is 15.2. The second-order valence-corrected chi connectivity index (χ2v) is 7.25. The minimum atomic E-state index is 0.368. The molecule has 4 rings (SSSR count). The van der Waals surface area contributed by atoms with Crippen molar-refractivity contribution in [2.24, 2.45) is 11.7 Å². The Morgan fingerprint density at radius 2 is 1.92 bits per heavy atom. The molecule has 0 bridgehead atoms. The van der Waals surface area contributed by atoms with Crippen LogP contribution in [0.4, 0.5) is 5.95 Å². The number of aromatic nitrogens is 4. The van der Waals surface area contributed by atoms with Gasteiger partial charge in [-0.25, -0.2) is 9.67 Å². The van der Waals surface area contributed by atoms with Gasteiger partial charge in [0, 0.05) is 32.3 Å². The summed E-state index contributed by atoms with van der Waals surface area (Å²) in [6.07, 6.45) is 7.24. The fraction of sp³-hybridized carbons (Fsp3) is 0.450. The molecule has 2 aromatic heterocycles. The van der Waals surface area contributed by atoms with Crippen molar-refractivity contribution < 1.29 is 0 Å². The predicted octanol–water partition coefficient (Wildman–Crippen LogP) is 2.98. The average Bonchev–Trinajstić information content (AvgIpc) is 3.01. The van der Waals surface area contributed by atoms with Gasteiger partial charge in [0.15, 0.2) is 5.65 Å². The van der Waals surface area contributed by atoms with Crippen molar-refractivity contribution in [3.8, 4) is 0 Å². The molecule has 0 unspecified atom stereocenters. The van der Waals surface area contributed by atoms with Crippen LogP contribution in [0.5, 0.6) is 0 Å². The van der Waals surface area contributed by atoms with Crippen molar-refractivity contribution in [1.29, 1.82) is 0 Å². The molecule has 0 radical (unpaired) electrons. The lowest BCUT2D eigenvalue weighted by atomic mass is 9.86. The number of benzene rings is 1. The molecule has 136 valence electrons. The smallest absolute Gasteiger partial charge is 0.224 e. The monoisotopic (exact) mass is 350 g/mol. The number of rotatable bonds is 5. The summed E-state index contributed by atoms with van der Waals surface area (Å²) in [6.45, 7) is 0.901. The highest BCUT2D eigenvalue weighted by Crippen LogP contribution is 2.27. The van der Waals surface area contributed by atoms with Gasteiger partial charge in [-0.3, -0.25) is 0 Å². The minimum Gasteiger partial charge on any atom is -0.357 e. The van der Waals surface area contributed by atoms with Gasteiger partial charge in [-0.1, -0.05) is 30.3 Å². The first kappa shape index (κ1) is 17.0. The van der Waals surface area contributed by atoms with E-state index in [1.54, 1.807) is 0 Å². The molecule has 26 heavy (non-hydrogen) atoms. The second-order valence-electron chi connectivity index (χ2n) is 7.25. The van der Waals surface area contributed by atoms with Crippen molar-refractivity contribution in [2.45, 2.75) is 44.7 Å². The Bertz CT molecular complexity index is 865. The van der Waals surface area contributed by atoms with Crippen LogP contribution in [0, 0.1) is 5.92 Å². The summed E-state index contributed by atoms with van der Waals surface area (Å²) in [7, 11) is 1.84. The van der Waals surface area contributed by atoms with Crippen LogP contribution in [0.3, 0.4) is 0 Å². The van der Waals surface area contributed by atoms with E-state index in [9.17, 15) is 0 Å². The Hall–Kier alpha value is -2.47. The molecule has 0 atom stereocenters. The summed E-state index contributed by atoms with van der Waals surface area (Å²) < 4.78 is 2.08. The minimum absolute atomic E-state index is 0.368. The van der Waals surface area contributed by atoms with Crippen LogP contribution in [-0.4, -0.2) is 32.8 Å². The Morgan fingerprint density at radius 3 is 2.65 bits per heavy atom. The van der Waals surface area contributed by atoms with Gasteiger partial charge in [-0.2, -0.15) is 10.1 Å². The zero-order valence-corrected chi connectivity index (χ0v) is 15.2. The molecule has 3 N–H and O–H groups in total. The van der Waals surface area contributed by atoms with Gasteiger partial charge in [-0.05, 0) is 37.2 Å². The molecule has 6 heteroatoms. The third-order valence-electron chi connectivity index (χ3n) is 5.33. The molecule has 2 heterocycles. The lowest BCUT2D eigenvalue weighted by Gasteiger charge is -2.25. The van der Waals surface area contributed by atoms with Crippen molar-refractivity contribution >= 4 is 17.0 Å². The van der Waals surface area contributed by atoms with E-state index in [0.717, 1.165) is 42.5 Å². The third kappa shape index (κ3) is 3.55. The molecule has 1 saturated carbocycles. The summed E-state index contributed by atoms with van der Waals surface area (Å²) >= 11 is 0. The van der Waals surface area contributed by atoms with Crippen LogP contribution in [-0.2, 0) is 13.0 Å². The van der Waals surface area contributed by atoms with E-state index in [1.807, 2.05) is 19.3 Å². The molecule has 3 aromatic rings. The number of anilines is 1. The van der Waals surface area contributed by atoms with E-state index >= 15 is 0 Å². The lowest BCUT2D eigenvalue weighted by molar-refractivity contribution is 0.288. The maximum absolute atomic E-state index is 6.06. The van der Waals surface area contributed by atoms with Crippen LogP contribution in [0.1, 0.15) is 36.9 Å². The molecule has 1 fully saturated rings. The Morgan fingerprint density at radius 1 is 1.15 bits per heavy atom. The summed E-state index contributed by atoms with van der Waals surface area (Å²) in [5.41, 5.74) is 9.27. The van der Waals surface area contributed by atoms with Gasteiger partial charge < -0.3 is 11.1 Å². The zero-order chi connectivity index (χ0) is 17.9. The first-order valence-electron chi connectivity index (χ1n) is 9.42. The van der Waals surface area contributed by atoms with Crippen LogP contribution >= 0.6 is 0 Å². The first-order chi connectivity index (χ1) is 12.7. The highest BCUT2D eigenvalue weighted by Gasteiger charge is 2.21. The largest absolute Gasteiger partial charge is 0.357 e. The highest BCUT2D eigenvalue weighted by atomic mass is 15.3. The number of hydrogen-bond acceptors (Lipinski definition) is 5.